The summed E-state index contributed by atoms with van der Waals surface area (Å²) in [7, 11) is 0. The summed E-state index contributed by atoms with van der Waals surface area (Å²) in [5.74, 6) is -0.0630. The Morgan fingerprint density at radius 1 is 1.04 bits per heavy atom. The van der Waals surface area contributed by atoms with E-state index in [1.165, 1.54) is 11.1 Å². The minimum absolute atomic E-state index is 0.0630. The van der Waals surface area contributed by atoms with Crippen molar-refractivity contribution in [3.05, 3.63) is 89.2 Å². The number of benzene rings is 2. The van der Waals surface area contributed by atoms with Crippen LogP contribution in [0.25, 0.3) is 10.2 Å². The SMILES string of the molecule is Cc1cc2nc(N(Cc3cccnc3)C(=O)c3ccccc3)sc2cc1C. The Kier molecular flexibility index (Phi) is 4.69. The van der Waals surface area contributed by atoms with E-state index < -0.39 is 0 Å². The molecule has 2 aromatic carbocycles. The predicted octanol–water partition coefficient (Wildman–Crippen LogP) is 5.16. The third-order valence-corrected chi connectivity index (χ3v) is 5.59. The fourth-order valence-electron chi connectivity index (χ4n) is 2.92. The number of carbonyl (C=O) groups is 1. The number of rotatable bonds is 4. The maximum atomic E-state index is 13.2. The summed E-state index contributed by atoms with van der Waals surface area (Å²) in [4.78, 5) is 23.9. The Hall–Kier alpha value is -3.05. The highest BCUT2D eigenvalue weighted by molar-refractivity contribution is 7.22. The van der Waals surface area contributed by atoms with Crippen LogP contribution in [0.2, 0.25) is 0 Å². The van der Waals surface area contributed by atoms with E-state index in [0.717, 1.165) is 15.8 Å². The van der Waals surface area contributed by atoms with E-state index in [-0.39, 0.29) is 5.91 Å². The Bertz CT molecular complexity index is 1050. The first-order chi connectivity index (χ1) is 13.1. The highest BCUT2D eigenvalue weighted by Gasteiger charge is 2.22. The summed E-state index contributed by atoms with van der Waals surface area (Å²) >= 11 is 1.54. The Morgan fingerprint density at radius 3 is 2.56 bits per heavy atom. The number of fused-ring (bicyclic) bond motifs is 1. The second-order valence-electron chi connectivity index (χ2n) is 6.52. The first kappa shape index (κ1) is 17.4. The van der Waals surface area contributed by atoms with E-state index in [0.29, 0.717) is 17.2 Å². The second-order valence-corrected chi connectivity index (χ2v) is 7.53. The van der Waals surface area contributed by atoms with Gasteiger partial charge in [-0.05, 0) is 60.9 Å². The summed E-state index contributed by atoms with van der Waals surface area (Å²) in [5, 5.41) is 0.702. The lowest BCUT2D eigenvalue weighted by Crippen LogP contribution is -2.30. The molecule has 0 aliphatic carbocycles. The molecule has 1 amide bonds. The Labute approximate surface area is 162 Å². The van der Waals surface area contributed by atoms with Crippen LogP contribution in [0.3, 0.4) is 0 Å². The maximum absolute atomic E-state index is 13.2. The number of carbonyl (C=O) groups excluding carboxylic acids is 1. The van der Waals surface area contributed by atoms with Gasteiger partial charge in [0.05, 0.1) is 16.8 Å². The minimum Gasteiger partial charge on any atom is -0.279 e. The quantitative estimate of drug-likeness (QED) is 0.497. The molecule has 134 valence electrons. The van der Waals surface area contributed by atoms with Gasteiger partial charge in [-0.25, -0.2) is 4.98 Å². The van der Waals surface area contributed by atoms with E-state index >= 15 is 0 Å². The zero-order chi connectivity index (χ0) is 18.8. The van der Waals surface area contributed by atoms with Crippen LogP contribution in [-0.2, 0) is 6.54 Å². The molecule has 2 heterocycles. The van der Waals surface area contributed by atoms with Crippen molar-refractivity contribution >= 4 is 32.6 Å². The molecule has 0 atom stereocenters. The summed E-state index contributed by atoms with van der Waals surface area (Å²) < 4.78 is 1.09. The maximum Gasteiger partial charge on any atom is 0.260 e. The van der Waals surface area contributed by atoms with Crippen LogP contribution in [-0.4, -0.2) is 15.9 Å². The van der Waals surface area contributed by atoms with E-state index in [4.69, 9.17) is 4.98 Å². The number of nitrogens with zero attached hydrogens (tertiary/aromatic N) is 3. The summed E-state index contributed by atoms with van der Waals surface area (Å²) in [6, 6.07) is 17.4. The Morgan fingerprint density at radius 2 is 1.81 bits per heavy atom. The van der Waals surface area contributed by atoms with Gasteiger partial charge in [0, 0.05) is 18.0 Å². The fourth-order valence-corrected chi connectivity index (χ4v) is 3.96. The standard InChI is InChI=1S/C22H19N3OS/c1-15-11-19-20(12-16(15)2)27-22(24-19)25(14-17-7-6-10-23-13-17)21(26)18-8-4-3-5-9-18/h3-13H,14H2,1-2H3. The summed E-state index contributed by atoms with van der Waals surface area (Å²) in [6.45, 7) is 4.60. The highest BCUT2D eigenvalue weighted by atomic mass is 32.1. The molecule has 0 N–H and O–H groups in total. The average Bonchev–Trinajstić information content (AvgIpc) is 3.10. The van der Waals surface area contributed by atoms with Gasteiger partial charge in [-0.15, -0.1) is 0 Å². The monoisotopic (exact) mass is 373 g/mol. The van der Waals surface area contributed by atoms with E-state index in [1.807, 2.05) is 42.5 Å². The van der Waals surface area contributed by atoms with Crippen LogP contribution < -0.4 is 4.90 Å². The normalized spacial score (nSPS) is 10.9. The smallest absolute Gasteiger partial charge is 0.260 e. The molecule has 0 aliphatic heterocycles. The minimum atomic E-state index is -0.0630. The van der Waals surface area contributed by atoms with Crippen molar-refractivity contribution < 1.29 is 4.79 Å². The Balaban J connectivity index is 1.78. The number of amides is 1. The van der Waals surface area contributed by atoms with Crippen LogP contribution >= 0.6 is 11.3 Å². The molecule has 0 spiro atoms. The molecule has 0 radical (unpaired) electrons. The lowest BCUT2D eigenvalue weighted by Gasteiger charge is -2.20. The zero-order valence-electron chi connectivity index (χ0n) is 15.2. The molecule has 4 aromatic rings. The lowest BCUT2D eigenvalue weighted by molar-refractivity contribution is 0.0985. The molecule has 4 rings (SSSR count). The van der Waals surface area contributed by atoms with Crippen molar-refractivity contribution in [1.82, 2.24) is 9.97 Å². The van der Waals surface area contributed by atoms with Crippen molar-refractivity contribution in [3.8, 4) is 0 Å². The molecule has 0 saturated heterocycles. The van der Waals surface area contributed by atoms with Gasteiger partial charge >= 0.3 is 0 Å². The van der Waals surface area contributed by atoms with Gasteiger partial charge in [0.25, 0.3) is 5.91 Å². The van der Waals surface area contributed by atoms with Crippen molar-refractivity contribution in [1.29, 1.82) is 0 Å². The third kappa shape index (κ3) is 3.59. The number of thiazole rings is 1. The first-order valence-corrected chi connectivity index (χ1v) is 9.57. The fraction of sp³-hybridized carbons (Fsp3) is 0.136. The van der Waals surface area contributed by atoms with E-state index in [2.05, 4.69) is 31.0 Å². The van der Waals surface area contributed by atoms with Crippen LogP contribution in [0.1, 0.15) is 27.0 Å². The van der Waals surface area contributed by atoms with Gasteiger partial charge in [0.1, 0.15) is 0 Å². The third-order valence-electron chi connectivity index (χ3n) is 4.55. The number of anilines is 1. The van der Waals surface area contributed by atoms with Gasteiger partial charge in [0.15, 0.2) is 5.13 Å². The van der Waals surface area contributed by atoms with Crippen molar-refractivity contribution in [2.75, 3.05) is 4.90 Å². The molecular weight excluding hydrogens is 354 g/mol. The molecule has 0 fully saturated rings. The number of aryl methyl sites for hydroxylation is 2. The molecule has 0 bridgehead atoms. The number of hydrogen-bond acceptors (Lipinski definition) is 4. The average molecular weight is 373 g/mol. The molecule has 0 unspecified atom stereocenters. The lowest BCUT2D eigenvalue weighted by atomic mass is 10.1. The summed E-state index contributed by atoms with van der Waals surface area (Å²) in [5.41, 5.74) is 4.97. The van der Waals surface area contributed by atoms with Crippen LogP contribution in [0.5, 0.6) is 0 Å². The van der Waals surface area contributed by atoms with E-state index in [9.17, 15) is 4.79 Å². The van der Waals surface area contributed by atoms with Gasteiger partial charge in [-0.2, -0.15) is 0 Å². The van der Waals surface area contributed by atoms with Gasteiger partial charge < -0.3 is 0 Å². The molecule has 4 nitrogen and oxygen atoms in total. The number of hydrogen-bond donors (Lipinski definition) is 0. The van der Waals surface area contributed by atoms with Crippen LogP contribution in [0, 0.1) is 13.8 Å². The summed E-state index contributed by atoms with van der Waals surface area (Å²) in [6.07, 6.45) is 3.52. The molecular formula is C22H19N3OS. The van der Waals surface area contributed by atoms with Crippen LogP contribution in [0.15, 0.2) is 67.0 Å². The van der Waals surface area contributed by atoms with Crippen molar-refractivity contribution in [2.24, 2.45) is 0 Å². The number of aromatic nitrogens is 2. The van der Waals surface area contributed by atoms with Gasteiger partial charge in [-0.3, -0.25) is 14.7 Å². The number of pyridine rings is 1. The predicted molar refractivity (Wildman–Crippen MR) is 110 cm³/mol. The molecule has 5 heteroatoms. The van der Waals surface area contributed by atoms with E-state index in [1.54, 1.807) is 28.6 Å². The zero-order valence-corrected chi connectivity index (χ0v) is 16.0. The topological polar surface area (TPSA) is 46.1 Å². The van der Waals surface area contributed by atoms with Gasteiger partial charge in [0.2, 0.25) is 0 Å². The van der Waals surface area contributed by atoms with Crippen LogP contribution in [0.4, 0.5) is 5.13 Å². The van der Waals surface area contributed by atoms with Crippen molar-refractivity contribution in [2.45, 2.75) is 20.4 Å². The van der Waals surface area contributed by atoms with Crippen molar-refractivity contribution in [3.63, 3.8) is 0 Å². The first-order valence-electron chi connectivity index (χ1n) is 8.75. The second kappa shape index (κ2) is 7.29. The molecule has 27 heavy (non-hydrogen) atoms. The van der Waals surface area contributed by atoms with Gasteiger partial charge in [-0.1, -0.05) is 35.6 Å². The highest BCUT2D eigenvalue weighted by Crippen LogP contribution is 2.32. The molecule has 0 saturated carbocycles. The molecule has 2 aromatic heterocycles. The molecule has 0 aliphatic rings. The largest absolute Gasteiger partial charge is 0.279 e.